The van der Waals surface area contributed by atoms with Gasteiger partial charge < -0.3 is 9.73 Å². The summed E-state index contributed by atoms with van der Waals surface area (Å²) in [4.78, 5) is 11.2. The van der Waals surface area contributed by atoms with E-state index >= 15 is 0 Å². The summed E-state index contributed by atoms with van der Waals surface area (Å²) in [6.07, 6.45) is 0. The summed E-state index contributed by atoms with van der Waals surface area (Å²) in [5.74, 6) is 2.45. The number of hydrogen-bond donors (Lipinski definition) is 2. The van der Waals surface area contributed by atoms with Gasteiger partial charge in [-0.3, -0.25) is 4.57 Å². The third-order valence-corrected chi connectivity index (χ3v) is 3.50. The third-order valence-electron chi connectivity index (χ3n) is 2.45. The quantitative estimate of drug-likeness (QED) is 0.767. The Bertz CT molecular complexity index is 557. The van der Waals surface area contributed by atoms with Crippen molar-refractivity contribution in [3.05, 3.63) is 34.1 Å². The van der Waals surface area contributed by atoms with Crippen molar-refractivity contribution in [3.8, 4) is 0 Å². The van der Waals surface area contributed by atoms with Gasteiger partial charge in [0.05, 0.1) is 12.3 Å². The molecule has 7 heteroatoms. The molecule has 0 amide bonds. The maximum Gasteiger partial charge on any atom is 0.343 e. The maximum atomic E-state index is 11.2. The highest BCUT2D eigenvalue weighted by atomic mass is 32.2. The first-order valence-corrected chi connectivity index (χ1v) is 6.71. The van der Waals surface area contributed by atoms with E-state index in [1.807, 2.05) is 12.1 Å². The fraction of sp³-hybridized carbons (Fsp3) is 0.455. The number of rotatable bonds is 6. The molecule has 2 aromatic rings. The van der Waals surface area contributed by atoms with Gasteiger partial charge in [0.1, 0.15) is 11.5 Å². The lowest BCUT2D eigenvalue weighted by Gasteiger charge is -1.98. The molecule has 0 bridgehead atoms. The van der Waals surface area contributed by atoms with Crippen molar-refractivity contribution in [3.63, 3.8) is 0 Å². The van der Waals surface area contributed by atoms with Crippen LogP contribution in [0.15, 0.2) is 26.5 Å². The molecular weight excluding hydrogens is 252 g/mol. The van der Waals surface area contributed by atoms with Gasteiger partial charge in [-0.2, -0.15) is 0 Å². The van der Waals surface area contributed by atoms with Crippen molar-refractivity contribution in [2.45, 2.75) is 24.4 Å². The molecule has 0 aliphatic heterocycles. The van der Waals surface area contributed by atoms with Crippen molar-refractivity contribution in [2.24, 2.45) is 7.05 Å². The molecular formula is C11H16N4O2S. The monoisotopic (exact) mass is 268 g/mol. The van der Waals surface area contributed by atoms with Gasteiger partial charge in [-0.25, -0.2) is 9.89 Å². The minimum atomic E-state index is -0.204. The zero-order chi connectivity index (χ0) is 13.0. The number of aromatic nitrogens is 3. The van der Waals surface area contributed by atoms with Gasteiger partial charge in [0.25, 0.3) is 0 Å². The van der Waals surface area contributed by atoms with Gasteiger partial charge in [-0.15, -0.1) is 5.10 Å². The Kier molecular flexibility index (Phi) is 4.27. The van der Waals surface area contributed by atoms with Crippen molar-refractivity contribution in [2.75, 3.05) is 6.54 Å². The molecule has 0 saturated carbocycles. The highest BCUT2D eigenvalue weighted by Gasteiger charge is 2.07. The average molecular weight is 268 g/mol. The lowest BCUT2D eigenvalue weighted by atomic mass is 10.4. The van der Waals surface area contributed by atoms with E-state index in [1.54, 1.807) is 7.05 Å². The van der Waals surface area contributed by atoms with Crippen LogP contribution in [-0.2, 0) is 19.3 Å². The third kappa shape index (κ3) is 3.05. The van der Waals surface area contributed by atoms with Gasteiger partial charge >= 0.3 is 5.69 Å². The van der Waals surface area contributed by atoms with E-state index in [9.17, 15) is 4.79 Å². The summed E-state index contributed by atoms with van der Waals surface area (Å²) in [7, 11) is 1.69. The number of thioether (sulfide) groups is 1. The number of H-pyrrole nitrogens is 1. The average Bonchev–Trinajstić information content (AvgIpc) is 2.94. The Morgan fingerprint density at radius 1 is 1.50 bits per heavy atom. The summed E-state index contributed by atoms with van der Waals surface area (Å²) in [5.41, 5.74) is -0.204. The highest BCUT2D eigenvalue weighted by molar-refractivity contribution is 7.98. The SMILES string of the molecule is CCNCc1ccc(CSc2n[nH]c(=O)n2C)o1. The normalized spacial score (nSPS) is 11.0. The smallest absolute Gasteiger partial charge is 0.343 e. The Hall–Kier alpha value is -1.47. The molecule has 6 nitrogen and oxygen atoms in total. The zero-order valence-electron chi connectivity index (χ0n) is 10.4. The molecule has 0 fully saturated rings. The van der Waals surface area contributed by atoms with E-state index in [0.29, 0.717) is 10.9 Å². The summed E-state index contributed by atoms with van der Waals surface area (Å²) in [6.45, 7) is 3.71. The van der Waals surface area contributed by atoms with Crippen molar-refractivity contribution >= 4 is 11.8 Å². The number of furan rings is 1. The van der Waals surface area contributed by atoms with Crippen LogP contribution in [0, 0.1) is 0 Å². The molecule has 0 unspecified atom stereocenters. The zero-order valence-corrected chi connectivity index (χ0v) is 11.2. The van der Waals surface area contributed by atoms with Crippen LogP contribution in [0.5, 0.6) is 0 Å². The van der Waals surface area contributed by atoms with Crippen LogP contribution in [0.1, 0.15) is 18.4 Å². The summed E-state index contributed by atoms with van der Waals surface area (Å²) in [6, 6.07) is 3.91. The van der Waals surface area contributed by atoms with Crippen LogP contribution in [0.3, 0.4) is 0 Å². The molecule has 18 heavy (non-hydrogen) atoms. The van der Waals surface area contributed by atoms with E-state index in [-0.39, 0.29) is 5.69 Å². The van der Waals surface area contributed by atoms with Crippen molar-refractivity contribution in [1.82, 2.24) is 20.1 Å². The first kappa shape index (κ1) is 13.0. The molecule has 98 valence electrons. The molecule has 2 N–H and O–H groups in total. The number of hydrogen-bond acceptors (Lipinski definition) is 5. The topological polar surface area (TPSA) is 75.8 Å². The summed E-state index contributed by atoms with van der Waals surface area (Å²) < 4.78 is 7.12. The second kappa shape index (κ2) is 5.92. The Labute approximate surface area is 109 Å². The molecule has 0 radical (unpaired) electrons. The van der Waals surface area contributed by atoms with E-state index in [1.165, 1.54) is 16.3 Å². The highest BCUT2D eigenvalue weighted by Crippen LogP contribution is 2.20. The summed E-state index contributed by atoms with van der Waals surface area (Å²) in [5, 5.41) is 10.2. The van der Waals surface area contributed by atoms with Crippen LogP contribution >= 0.6 is 11.8 Å². The predicted molar refractivity (Wildman–Crippen MR) is 69.5 cm³/mol. The van der Waals surface area contributed by atoms with Gasteiger partial charge in [0, 0.05) is 7.05 Å². The van der Waals surface area contributed by atoms with Gasteiger partial charge in [0.2, 0.25) is 0 Å². The molecule has 0 atom stereocenters. The molecule has 2 heterocycles. The molecule has 2 rings (SSSR count). The first-order chi connectivity index (χ1) is 8.70. The number of nitrogens with one attached hydrogen (secondary N) is 2. The van der Waals surface area contributed by atoms with Crippen LogP contribution in [0.25, 0.3) is 0 Å². The number of aromatic amines is 1. The molecule has 0 aliphatic rings. The Morgan fingerprint density at radius 2 is 2.28 bits per heavy atom. The second-order valence-corrected chi connectivity index (χ2v) is 4.75. The standard InChI is InChI=1S/C11H16N4O2S/c1-3-12-6-8-4-5-9(17-8)7-18-11-14-13-10(16)15(11)2/h4-5,12H,3,6-7H2,1-2H3,(H,13,16). The van der Waals surface area contributed by atoms with E-state index < -0.39 is 0 Å². The second-order valence-electron chi connectivity index (χ2n) is 3.81. The molecule has 2 aromatic heterocycles. The lowest BCUT2D eigenvalue weighted by molar-refractivity contribution is 0.462. The van der Waals surface area contributed by atoms with E-state index in [0.717, 1.165) is 24.6 Å². The van der Waals surface area contributed by atoms with Crippen molar-refractivity contribution < 1.29 is 4.42 Å². The van der Waals surface area contributed by atoms with Crippen LogP contribution in [0.2, 0.25) is 0 Å². The van der Waals surface area contributed by atoms with E-state index in [4.69, 9.17) is 4.42 Å². The Balaban J connectivity index is 1.92. The number of nitrogens with zero attached hydrogens (tertiary/aromatic N) is 2. The predicted octanol–water partition coefficient (Wildman–Crippen LogP) is 1.10. The van der Waals surface area contributed by atoms with E-state index in [2.05, 4.69) is 22.4 Å². The van der Waals surface area contributed by atoms with Gasteiger partial charge in [0.15, 0.2) is 5.16 Å². The van der Waals surface area contributed by atoms with Gasteiger partial charge in [-0.05, 0) is 18.7 Å². The van der Waals surface area contributed by atoms with Crippen LogP contribution in [-0.4, -0.2) is 21.3 Å². The first-order valence-electron chi connectivity index (χ1n) is 5.73. The molecule has 0 saturated heterocycles. The molecule has 0 aliphatic carbocycles. The fourth-order valence-electron chi connectivity index (χ4n) is 1.44. The van der Waals surface area contributed by atoms with Crippen molar-refractivity contribution in [1.29, 1.82) is 0 Å². The largest absolute Gasteiger partial charge is 0.464 e. The minimum Gasteiger partial charge on any atom is -0.464 e. The molecule has 0 spiro atoms. The lowest BCUT2D eigenvalue weighted by Crippen LogP contribution is -2.12. The fourth-order valence-corrected chi connectivity index (χ4v) is 2.25. The van der Waals surface area contributed by atoms with Gasteiger partial charge in [-0.1, -0.05) is 18.7 Å². The minimum absolute atomic E-state index is 0.204. The van der Waals surface area contributed by atoms with Crippen LogP contribution < -0.4 is 11.0 Å². The Morgan fingerprint density at radius 3 is 2.94 bits per heavy atom. The molecule has 0 aromatic carbocycles. The maximum absolute atomic E-state index is 11.2. The van der Waals surface area contributed by atoms with Crippen LogP contribution in [0.4, 0.5) is 0 Å². The summed E-state index contributed by atoms with van der Waals surface area (Å²) >= 11 is 1.46.